The number of hydrogen-bond donors (Lipinski definition) is 1. The standard InChI is InChI=1S/C22H24N2O3S/c1-5-14(2)15-9-11-16(12-10-15)17-13-28-22(23-17)24-21(25)20-18(26-3)7-6-8-19(20)27-4/h6-14H,5H2,1-4H3,(H,23,24,25). The summed E-state index contributed by atoms with van der Waals surface area (Å²) < 4.78 is 10.6. The van der Waals surface area contributed by atoms with Crippen LogP contribution in [0.15, 0.2) is 47.8 Å². The molecule has 146 valence electrons. The topological polar surface area (TPSA) is 60.5 Å². The highest BCUT2D eigenvalue weighted by atomic mass is 32.1. The maximum absolute atomic E-state index is 12.8. The zero-order chi connectivity index (χ0) is 20.1. The van der Waals surface area contributed by atoms with Crippen LogP contribution < -0.4 is 14.8 Å². The van der Waals surface area contributed by atoms with Gasteiger partial charge in [-0.2, -0.15) is 0 Å². The largest absolute Gasteiger partial charge is 0.496 e. The van der Waals surface area contributed by atoms with Crippen molar-refractivity contribution in [3.05, 3.63) is 59.0 Å². The highest BCUT2D eigenvalue weighted by Crippen LogP contribution is 2.31. The van der Waals surface area contributed by atoms with Gasteiger partial charge in [-0.25, -0.2) is 4.98 Å². The van der Waals surface area contributed by atoms with E-state index in [0.29, 0.717) is 28.1 Å². The van der Waals surface area contributed by atoms with Gasteiger partial charge in [0.05, 0.1) is 19.9 Å². The zero-order valence-corrected chi connectivity index (χ0v) is 17.3. The minimum Gasteiger partial charge on any atom is -0.496 e. The summed E-state index contributed by atoms with van der Waals surface area (Å²) in [7, 11) is 3.05. The molecular weight excluding hydrogens is 372 g/mol. The summed E-state index contributed by atoms with van der Waals surface area (Å²) in [6.07, 6.45) is 1.11. The molecule has 0 aliphatic rings. The summed E-state index contributed by atoms with van der Waals surface area (Å²) in [4.78, 5) is 17.3. The molecule has 0 aliphatic carbocycles. The second-order valence-corrected chi connectivity index (χ2v) is 7.32. The van der Waals surface area contributed by atoms with Crippen molar-refractivity contribution < 1.29 is 14.3 Å². The Morgan fingerprint density at radius 3 is 2.32 bits per heavy atom. The van der Waals surface area contributed by atoms with Crippen LogP contribution >= 0.6 is 11.3 Å². The van der Waals surface area contributed by atoms with Crippen LogP contribution in [0, 0.1) is 0 Å². The molecule has 5 nitrogen and oxygen atoms in total. The Bertz CT molecular complexity index is 928. The summed E-state index contributed by atoms with van der Waals surface area (Å²) in [6, 6.07) is 13.7. The fourth-order valence-electron chi connectivity index (χ4n) is 2.92. The van der Waals surface area contributed by atoms with Crippen LogP contribution in [-0.2, 0) is 0 Å². The summed E-state index contributed by atoms with van der Waals surface area (Å²) >= 11 is 1.38. The van der Waals surface area contributed by atoms with E-state index in [4.69, 9.17) is 9.47 Å². The Balaban J connectivity index is 1.79. The van der Waals surface area contributed by atoms with E-state index in [9.17, 15) is 4.79 Å². The molecule has 0 aliphatic heterocycles. The van der Waals surface area contributed by atoms with Crippen molar-refractivity contribution in [1.29, 1.82) is 0 Å². The number of rotatable bonds is 7. The number of carbonyl (C=O) groups excluding carboxylic acids is 1. The lowest BCUT2D eigenvalue weighted by Gasteiger charge is -2.11. The van der Waals surface area contributed by atoms with Crippen LogP contribution in [0.2, 0.25) is 0 Å². The van der Waals surface area contributed by atoms with E-state index in [1.165, 1.54) is 31.1 Å². The van der Waals surface area contributed by atoms with Crippen LogP contribution in [0.3, 0.4) is 0 Å². The Morgan fingerprint density at radius 1 is 1.11 bits per heavy atom. The predicted molar refractivity (Wildman–Crippen MR) is 114 cm³/mol. The quantitative estimate of drug-likeness (QED) is 0.565. The lowest BCUT2D eigenvalue weighted by molar-refractivity contribution is 0.102. The first kappa shape index (κ1) is 19.9. The van der Waals surface area contributed by atoms with Gasteiger partial charge in [-0.05, 0) is 30.0 Å². The van der Waals surface area contributed by atoms with E-state index < -0.39 is 0 Å². The van der Waals surface area contributed by atoms with Gasteiger partial charge in [-0.15, -0.1) is 11.3 Å². The second kappa shape index (κ2) is 8.89. The molecular formula is C22H24N2O3S. The Morgan fingerprint density at radius 2 is 1.75 bits per heavy atom. The molecule has 28 heavy (non-hydrogen) atoms. The van der Waals surface area contributed by atoms with Gasteiger partial charge in [0.15, 0.2) is 5.13 Å². The third-order valence-corrected chi connectivity index (χ3v) is 5.53. The number of hydrogen-bond acceptors (Lipinski definition) is 5. The molecule has 6 heteroatoms. The highest BCUT2D eigenvalue weighted by Gasteiger charge is 2.19. The molecule has 1 amide bonds. The fraction of sp³-hybridized carbons (Fsp3) is 0.273. The Hall–Kier alpha value is -2.86. The number of benzene rings is 2. The van der Waals surface area contributed by atoms with Crippen molar-refractivity contribution >= 4 is 22.4 Å². The number of carbonyl (C=O) groups is 1. The molecule has 1 N–H and O–H groups in total. The number of nitrogens with one attached hydrogen (secondary N) is 1. The smallest absolute Gasteiger partial charge is 0.265 e. The van der Waals surface area contributed by atoms with Crippen molar-refractivity contribution in [2.24, 2.45) is 0 Å². The lowest BCUT2D eigenvalue weighted by atomic mass is 9.97. The Kier molecular flexibility index (Phi) is 6.31. The number of nitrogens with zero attached hydrogens (tertiary/aromatic N) is 1. The summed E-state index contributed by atoms with van der Waals surface area (Å²) in [6.45, 7) is 4.41. The monoisotopic (exact) mass is 396 g/mol. The summed E-state index contributed by atoms with van der Waals surface area (Å²) in [5, 5.41) is 5.31. The first-order chi connectivity index (χ1) is 13.6. The number of anilines is 1. The SMILES string of the molecule is CCC(C)c1ccc(-c2csc(NC(=O)c3c(OC)cccc3OC)n2)cc1. The molecule has 0 bridgehead atoms. The third-order valence-electron chi connectivity index (χ3n) is 4.77. The first-order valence-corrected chi connectivity index (χ1v) is 10.0. The van der Waals surface area contributed by atoms with E-state index in [0.717, 1.165) is 17.7 Å². The predicted octanol–water partition coefficient (Wildman–Crippen LogP) is 5.59. The van der Waals surface area contributed by atoms with Crippen molar-refractivity contribution in [3.63, 3.8) is 0 Å². The van der Waals surface area contributed by atoms with E-state index in [1.807, 2.05) is 5.38 Å². The molecule has 3 rings (SSSR count). The molecule has 2 aromatic carbocycles. The van der Waals surface area contributed by atoms with Gasteiger partial charge in [0.25, 0.3) is 5.91 Å². The van der Waals surface area contributed by atoms with E-state index >= 15 is 0 Å². The summed E-state index contributed by atoms with van der Waals surface area (Å²) in [5.41, 5.74) is 3.53. The summed E-state index contributed by atoms with van der Waals surface area (Å²) in [5.74, 6) is 1.13. The minimum absolute atomic E-state index is 0.317. The fourth-order valence-corrected chi connectivity index (χ4v) is 3.63. The number of thiazole rings is 1. The Labute approximate surface area is 169 Å². The maximum atomic E-state index is 12.8. The van der Waals surface area contributed by atoms with Gasteiger partial charge in [0, 0.05) is 10.9 Å². The van der Waals surface area contributed by atoms with Crippen molar-refractivity contribution in [2.75, 3.05) is 19.5 Å². The molecule has 0 radical (unpaired) electrons. The van der Waals surface area contributed by atoms with Gasteiger partial charge in [-0.3, -0.25) is 10.1 Å². The van der Waals surface area contributed by atoms with Crippen LogP contribution in [-0.4, -0.2) is 25.1 Å². The van der Waals surface area contributed by atoms with Crippen LogP contribution in [0.25, 0.3) is 11.3 Å². The van der Waals surface area contributed by atoms with Crippen molar-refractivity contribution in [2.45, 2.75) is 26.2 Å². The van der Waals surface area contributed by atoms with Gasteiger partial charge in [-0.1, -0.05) is 44.2 Å². The lowest BCUT2D eigenvalue weighted by Crippen LogP contribution is -2.14. The second-order valence-electron chi connectivity index (χ2n) is 6.46. The van der Waals surface area contributed by atoms with Crippen molar-refractivity contribution in [1.82, 2.24) is 4.98 Å². The van der Waals surface area contributed by atoms with Crippen LogP contribution in [0.5, 0.6) is 11.5 Å². The third kappa shape index (κ3) is 4.17. The highest BCUT2D eigenvalue weighted by molar-refractivity contribution is 7.14. The molecule has 1 atom stereocenters. The normalized spacial score (nSPS) is 11.7. The van der Waals surface area contributed by atoms with Gasteiger partial charge in [0.2, 0.25) is 0 Å². The molecule has 0 saturated heterocycles. The molecule has 1 unspecified atom stereocenters. The van der Waals surface area contributed by atoms with E-state index in [-0.39, 0.29) is 5.91 Å². The molecule has 1 heterocycles. The number of aromatic nitrogens is 1. The van der Waals surface area contributed by atoms with Crippen molar-refractivity contribution in [3.8, 4) is 22.8 Å². The van der Waals surface area contributed by atoms with Gasteiger partial charge < -0.3 is 9.47 Å². The number of methoxy groups -OCH3 is 2. The zero-order valence-electron chi connectivity index (χ0n) is 16.5. The molecule has 0 fully saturated rings. The van der Waals surface area contributed by atoms with Crippen LogP contribution in [0.4, 0.5) is 5.13 Å². The maximum Gasteiger partial charge on any atom is 0.265 e. The molecule has 3 aromatic rings. The van der Waals surface area contributed by atoms with Gasteiger partial charge >= 0.3 is 0 Å². The average Bonchev–Trinajstić information content (AvgIpc) is 3.20. The minimum atomic E-state index is -0.317. The molecule has 1 aromatic heterocycles. The first-order valence-electron chi connectivity index (χ1n) is 9.15. The van der Waals surface area contributed by atoms with Gasteiger partial charge in [0.1, 0.15) is 17.1 Å². The number of ether oxygens (including phenoxy) is 2. The molecule has 0 spiro atoms. The van der Waals surface area contributed by atoms with Crippen LogP contribution in [0.1, 0.15) is 42.1 Å². The molecule has 0 saturated carbocycles. The van der Waals surface area contributed by atoms with E-state index in [2.05, 4.69) is 48.4 Å². The van der Waals surface area contributed by atoms with E-state index in [1.54, 1.807) is 18.2 Å². The average molecular weight is 397 g/mol. The number of amides is 1.